The van der Waals surface area contributed by atoms with Crippen molar-refractivity contribution in [1.82, 2.24) is 0 Å². The molecule has 0 saturated heterocycles. The summed E-state index contributed by atoms with van der Waals surface area (Å²) >= 11 is 0. The zero-order valence-corrected chi connectivity index (χ0v) is 23.0. The third-order valence-corrected chi connectivity index (χ3v) is 6.56. The zero-order valence-electron chi connectivity index (χ0n) is 23.0. The Balaban J connectivity index is 3.28. The van der Waals surface area contributed by atoms with Gasteiger partial charge in [-0.1, -0.05) is 133 Å². The number of benzene rings is 2. The second-order valence-electron chi connectivity index (χ2n) is 14.1. The van der Waals surface area contributed by atoms with E-state index in [9.17, 15) is 0 Å². The summed E-state index contributed by atoms with van der Waals surface area (Å²) in [6.07, 6.45) is 0. The summed E-state index contributed by atoms with van der Waals surface area (Å²) < 4.78 is 0. The van der Waals surface area contributed by atoms with E-state index >= 15 is 0 Å². The van der Waals surface area contributed by atoms with Crippen molar-refractivity contribution in [3.63, 3.8) is 0 Å². The molecule has 0 N–H and O–H groups in total. The molecule has 0 aliphatic carbocycles. The molecule has 0 bridgehead atoms. The predicted molar refractivity (Wildman–Crippen MR) is 140 cm³/mol. The van der Waals surface area contributed by atoms with E-state index in [4.69, 9.17) is 0 Å². The number of hydrogen-bond donors (Lipinski definition) is 0. The lowest BCUT2D eigenvalue weighted by atomic mass is 9.59. The van der Waals surface area contributed by atoms with Crippen molar-refractivity contribution in [2.45, 2.75) is 124 Å². The average Bonchev–Trinajstić information content (AvgIpc) is 2.57. The molecule has 0 aliphatic heterocycles. The van der Waals surface area contributed by atoms with Crippen LogP contribution < -0.4 is 0 Å². The second kappa shape index (κ2) is 7.79. The quantitative estimate of drug-likeness (QED) is 0.454. The molecule has 0 spiro atoms. The molecule has 0 aliphatic rings. The van der Waals surface area contributed by atoms with Gasteiger partial charge in [0.05, 0.1) is 0 Å². The van der Waals surface area contributed by atoms with E-state index in [2.05, 4.69) is 133 Å². The first-order valence-electron chi connectivity index (χ1n) is 12.0. The predicted octanol–water partition coefficient (Wildman–Crippen LogP) is 9.20. The standard InChI is InChI=1S/C31H48/c1-27(2,3)22-20-23(28(4,5)6)25(30(10,11)12)26(24(22)29(7,8)9)31(13,14)21-18-16-15-17-19-21/h15-20H,1-14H3. The van der Waals surface area contributed by atoms with Gasteiger partial charge in [-0.15, -0.1) is 0 Å². The van der Waals surface area contributed by atoms with E-state index in [1.165, 1.54) is 33.4 Å². The van der Waals surface area contributed by atoms with Crippen LogP contribution in [0.1, 0.15) is 130 Å². The molecule has 2 rings (SSSR count). The molecule has 0 atom stereocenters. The van der Waals surface area contributed by atoms with Crippen molar-refractivity contribution in [1.29, 1.82) is 0 Å². The lowest BCUT2D eigenvalue weighted by Crippen LogP contribution is -2.36. The average molecular weight is 421 g/mol. The molecule has 0 aromatic heterocycles. The summed E-state index contributed by atoms with van der Waals surface area (Å²) in [7, 11) is 0. The first-order chi connectivity index (χ1) is 13.7. The van der Waals surface area contributed by atoms with Crippen molar-refractivity contribution in [3.05, 3.63) is 69.8 Å². The fourth-order valence-corrected chi connectivity index (χ4v) is 5.05. The van der Waals surface area contributed by atoms with Gasteiger partial charge >= 0.3 is 0 Å². The Morgan fingerprint density at radius 3 is 1.06 bits per heavy atom. The van der Waals surface area contributed by atoms with Crippen molar-refractivity contribution < 1.29 is 0 Å². The first-order valence-corrected chi connectivity index (χ1v) is 12.0. The van der Waals surface area contributed by atoms with Crippen LogP contribution in [0.5, 0.6) is 0 Å². The minimum Gasteiger partial charge on any atom is -0.0622 e. The van der Waals surface area contributed by atoms with E-state index in [1.54, 1.807) is 0 Å². The van der Waals surface area contributed by atoms with E-state index in [-0.39, 0.29) is 27.1 Å². The summed E-state index contributed by atoms with van der Waals surface area (Å²) in [5.41, 5.74) is 9.11. The smallest absolute Gasteiger partial charge is 0.0152 e. The van der Waals surface area contributed by atoms with E-state index in [0.717, 1.165) is 0 Å². The lowest BCUT2D eigenvalue weighted by Gasteiger charge is -2.45. The van der Waals surface area contributed by atoms with Gasteiger partial charge in [0, 0.05) is 5.41 Å². The zero-order chi connectivity index (χ0) is 24.2. The molecule has 0 amide bonds. The summed E-state index contributed by atoms with van der Waals surface area (Å²) in [5.74, 6) is 0. The van der Waals surface area contributed by atoms with Crippen LogP contribution in [0, 0.1) is 0 Å². The van der Waals surface area contributed by atoms with Gasteiger partial charge in [-0.25, -0.2) is 0 Å². The van der Waals surface area contributed by atoms with Crippen molar-refractivity contribution in [2.75, 3.05) is 0 Å². The maximum atomic E-state index is 2.56. The molecule has 2 aromatic rings. The molecule has 0 heteroatoms. The molecule has 0 unspecified atom stereocenters. The highest BCUT2D eigenvalue weighted by atomic mass is 14.5. The Kier molecular flexibility index (Phi) is 6.46. The maximum absolute atomic E-state index is 2.56. The Morgan fingerprint density at radius 1 is 0.419 bits per heavy atom. The van der Waals surface area contributed by atoms with Gasteiger partial charge in [0.2, 0.25) is 0 Å². The normalized spacial score (nSPS) is 14.1. The maximum Gasteiger partial charge on any atom is 0.0152 e. The largest absolute Gasteiger partial charge is 0.0622 e. The highest BCUT2D eigenvalue weighted by molar-refractivity contribution is 5.60. The molecule has 0 fully saturated rings. The second-order valence-corrected chi connectivity index (χ2v) is 14.1. The van der Waals surface area contributed by atoms with Gasteiger partial charge < -0.3 is 0 Å². The number of rotatable bonds is 2. The summed E-state index contributed by atoms with van der Waals surface area (Å²) in [4.78, 5) is 0. The summed E-state index contributed by atoms with van der Waals surface area (Å²) in [6.45, 7) is 33.5. The molecule has 31 heavy (non-hydrogen) atoms. The van der Waals surface area contributed by atoms with E-state index in [1.807, 2.05) is 0 Å². The SMILES string of the molecule is CC(C)(C)c1cc(C(C)(C)C)c(C(C)(C)C)c(C(C)(C)c2ccccc2)c1C(C)(C)C. The Morgan fingerprint density at radius 2 is 0.774 bits per heavy atom. The minimum absolute atomic E-state index is 0.0421. The monoisotopic (exact) mass is 420 g/mol. The third kappa shape index (κ3) is 5.10. The van der Waals surface area contributed by atoms with Gasteiger partial charge in [-0.05, 0) is 55.0 Å². The Labute approximate surface area is 193 Å². The van der Waals surface area contributed by atoms with Gasteiger partial charge in [-0.3, -0.25) is 0 Å². The van der Waals surface area contributed by atoms with Crippen LogP contribution in [-0.4, -0.2) is 0 Å². The Bertz CT molecular complexity index is 861. The van der Waals surface area contributed by atoms with Crippen LogP contribution in [0.2, 0.25) is 0 Å². The molecule has 172 valence electrons. The molecule has 0 nitrogen and oxygen atoms in total. The highest BCUT2D eigenvalue weighted by Gasteiger charge is 2.41. The molecule has 0 radical (unpaired) electrons. The van der Waals surface area contributed by atoms with Crippen molar-refractivity contribution in [3.8, 4) is 0 Å². The van der Waals surface area contributed by atoms with Gasteiger partial charge in [0.1, 0.15) is 0 Å². The first kappa shape index (κ1) is 25.7. The van der Waals surface area contributed by atoms with Crippen LogP contribution in [0.3, 0.4) is 0 Å². The molecular formula is C31H48. The van der Waals surface area contributed by atoms with Crippen LogP contribution in [0.25, 0.3) is 0 Å². The van der Waals surface area contributed by atoms with Gasteiger partial charge in [-0.2, -0.15) is 0 Å². The fourth-order valence-electron chi connectivity index (χ4n) is 5.05. The van der Waals surface area contributed by atoms with Crippen molar-refractivity contribution >= 4 is 0 Å². The third-order valence-electron chi connectivity index (χ3n) is 6.56. The summed E-state index contributed by atoms with van der Waals surface area (Å²) in [5, 5.41) is 0. The lowest BCUT2D eigenvalue weighted by molar-refractivity contribution is 0.469. The number of hydrogen-bond acceptors (Lipinski definition) is 0. The van der Waals surface area contributed by atoms with E-state index in [0.29, 0.717) is 0 Å². The summed E-state index contributed by atoms with van der Waals surface area (Å²) in [6, 6.07) is 13.7. The topological polar surface area (TPSA) is 0 Å². The fraction of sp³-hybridized carbons (Fsp3) is 0.613. The van der Waals surface area contributed by atoms with E-state index < -0.39 is 0 Å². The van der Waals surface area contributed by atoms with Gasteiger partial charge in [0.25, 0.3) is 0 Å². The van der Waals surface area contributed by atoms with Crippen LogP contribution in [-0.2, 0) is 27.1 Å². The highest BCUT2D eigenvalue weighted by Crippen LogP contribution is 2.50. The minimum atomic E-state index is -0.103. The molecule has 0 saturated carbocycles. The van der Waals surface area contributed by atoms with Crippen molar-refractivity contribution in [2.24, 2.45) is 0 Å². The Hall–Kier alpha value is -1.56. The molecular weight excluding hydrogens is 372 g/mol. The van der Waals surface area contributed by atoms with Gasteiger partial charge in [0.15, 0.2) is 0 Å². The molecule has 2 aromatic carbocycles. The van der Waals surface area contributed by atoms with Crippen LogP contribution in [0.15, 0.2) is 36.4 Å². The van der Waals surface area contributed by atoms with Crippen LogP contribution >= 0.6 is 0 Å². The molecule has 0 heterocycles. The van der Waals surface area contributed by atoms with Crippen LogP contribution in [0.4, 0.5) is 0 Å².